The molecule has 0 rings (SSSR count). The summed E-state index contributed by atoms with van der Waals surface area (Å²) in [4.78, 5) is 36.8. The molecule has 332 valence electrons. The average molecular weight is 812 g/mol. The molecule has 8 heteroatoms. The Hall–Kier alpha value is -3.23. The average Bonchev–Trinajstić information content (AvgIpc) is 3.18. The van der Waals surface area contributed by atoms with Gasteiger partial charge in [0.25, 0.3) is 0 Å². The molecule has 0 aromatic carbocycles. The Morgan fingerprint density at radius 1 is 0.552 bits per heavy atom. The molecular weight excluding hydrogens is 727 g/mol. The van der Waals surface area contributed by atoms with Gasteiger partial charge in [-0.15, -0.1) is 0 Å². The molecule has 0 saturated carbocycles. The number of allylic oxidation sites excluding steroid dienone is 11. The van der Waals surface area contributed by atoms with Gasteiger partial charge in [0.1, 0.15) is 12.6 Å². The van der Waals surface area contributed by atoms with Gasteiger partial charge in [0.2, 0.25) is 0 Å². The van der Waals surface area contributed by atoms with Crippen LogP contribution in [0.5, 0.6) is 0 Å². The van der Waals surface area contributed by atoms with Gasteiger partial charge in [0, 0.05) is 12.8 Å². The van der Waals surface area contributed by atoms with Crippen molar-refractivity contribution in [3.8, 4) is 0 Å². The highest BCUT2D eigenvalue weighted by atomic mass is 16.6. The van der Waals surface area contributed by atoms with Crippen LogP contribution in [0, 0.1) is 0 Å². The number of carbonyl (C=O) groups is 3. The Morgan fingerprint density at radius 3 is 1.50 bits per heavy atom. The molecule has 0 fully saturated rings. The lowest BCUT2D eigenvalue weighted by Crippen LogP contribution is -2.55. The topological polar surface area (TPSA) is 102 Å². The molecule has 2 unspecified atom stereocenters. The van der Waals surface area contributed by atoms with Gasteiger partial charge >= 0.3 is 11.9 Å². The van der Waals surface area contributed by atoms with Crippen molar-refractivity contribution >= 4 is 17.9 Å². The summed E-state index contributed by atoms with van der Waals surface area (Å²) in [6, 6.07) is -0.744. The van der Waals surface area contributed by atoms with Gasteiger partial charge in [0.15, 0.2) is 6.10 Å². The monoisotopic (exact) mass is 812 g/mol. The van der Waals surface area contributed by atoms with Crippen LogP contribution in [0.4, 0.5) is 0 Å². The van der Waals surface area contributed by atoms with E-state index in [-0.39, 0.29) is 43.1 Å². The van der Waals surface area contributed by atoms with Crippen molar-refractivity contribution in [3.05, 3.63) is 72.9 Å². The molecule has 0 aliphatic carbocycles. The predicted octanol–water partition coefficient (Wildman–Crippen LogP) is 11.4. The van der Waals surface area contributed by atoms with E-state index < -0.39 is 24.1 Å². The highest BCUT2D eigenvalue weighted by molar-refractivity contribution is 5.71. The number of nitrogens with zero attached hydrogens (tertiary/aromatic N) is 1. The number of carbonyl (C=O) groups excluding carboxylic acids is 3. The minimum Gasteiger partial charge on any atom is -0.544 e. The van der Waals surface area contributed by atoms with Gasteiger partial charge < -0.3 is 28.6 Å². The first-order valence-electron chi connectivity index (χ1n) is 23.0. The molecule has 0 N–H and O–H groups in total. The summed E-state index contributed by atoms with van der Waals surface area (Å²) in [5.74, 6) is -1.90. The normalized spacial score (nSPS) is 13.6. The fourth-order valence-corrected chi connectivity index (χ4v) is 6.32. The van der Waals surface area contributed by atoms with E-state index >= 15 is 0 Å². The van der Waals surface area contributed by atoms with Crippen LogP contribution in [-0.4, -0.2) is 75.5 Å². The number of carboxylic acid groups (broad SMARTS) is 1. The van der Waals surface area contributed by atoms with Crippen LogP contribution in [-0.2, 0) is 28.6 Å². The second kappa shape index (κ2) is 40.5. The summed E-state index contributed by atoms with van der Waals surface area (Å²) in [6.07, 6.45) is 51.0. The molecule has 8 nitrogen and oxygen atoms in total. The summed E-state index contributed by atoms with van der Waals surface area (Å²) >= 11 is 0. The van der Waals surface area contributed by atoms with Crippen molar-refractivity contribution in [2.75, 3.05) is 41.0 Å². The lowest BCUT2D eigenvalue weighted by Gasteiger charge is -2.34. The van der Waals surface area contributed by atoms with Crippen LogP contribution in [0.2, 0.25) is 0 Å². The molecule has 0 amide bonds. The maximum Gasteiger partial charge on any atom is 0.310 e. The number of carboxylic acids is 1. The van der Waals surface area contributed by atoms with E-state index in [0.717, 1.165) is 44.9 Å². The van der Waals surface area contributed by atoms with E-state index in [1.54, 1.807) is 27.2 Å². The van der Waals surface area contributed by atoms with Crippen LogP contribution in [0.15, 0.2) is 72.9 Å². The number of likely N-dealkylation sites (N-methyl/N-ethyl adjacent to an activating group) is 1. The van der Waals surface area contributed by atoms with Crippen molar-refractivity contribution in [3.63, 3.8) is 0 Å². The SMILES string of the molecule is CC/C=C\C/C=C\C/C=C\C/C=C\C/C=C\CC(=O)OC(COCCC(C(=O)[O-])[N+](C)(C)C)COC(=O)CCCCCCCCCCC/C=C\CCCCCCCC. The highest BCUT2D eigenvalue weighted by Crippen LogP contribution is 2.13. The summed E-state index contributed by atoms with van der Waals surface area (Å²) < 4.78 is 17.0. The van der Waals surface area contributed by atoms with Crippen LogP contribution in [0.25, 0.3) is 0 Å². The molecule has 0 aliphatic rings. The fraction of sp³-hybridized carbons (Fsp3) is 0.700. The zero-order chi connectivity index (χ0) is 42.8. The smallest absolute Gasteiger partial charge is 0.310 e. The molecule has 0 aromatic heterocycles. The van der Waals surface area contributed by atoms with Crippen LogP contribution >= 0.6 is 0 Å². The molecule has 0 heterocycles. The van der Waals surface area contributed by atoms with E-state index in [2.05, 4.69) is 74.6 Å². The third kappa shape index (κ3) is 38.3. The Balaban J connectivity index is 4.41. The van der Waals surface area contributed by atoms with Crippen molar-refractivity contribution in [2.24, 2.45) is 0 Å². The lowest BCUT2D eigenvalue weighted by atomic mass is 10.1. The third-order valence-corrected chi connectivity index (χ3v) is 9.86. The van der Waals surface area contributed by atoms with Gasteiger partial charge in [-0.2, -0.15) is 0 Å². The van der Waals surface area contributed by atoms with E-state index in [1.807, 2.05) is 6.08 Å². The van der Waals surface area contributed by atoms with Gasteiger partial charge in [0.05, 0.1) is 46.7 Å². The molecule has 0 radical (unpaired) electrons. The molecular formula is C50H85NO7. The highest BCUT2D eigenvalue weighted by Gasteiger charge is 2.25. The van der Waals surface area contributed by atoms with Gasteiger partial charge in [-0.3, -0.25) is 9.59 Å². The summed E-state index contributed by atoms with van der Waals surface area (Å²) in [5, 5.41) is 11.6. The molecule has 0 bridgehead atoms. The Morgan fingerprint density at radius 2 is 1.02 bits per heavy atom. The first-order chi connectivity index (χ1) is 28.1. The minimum atomic E-state index is -1.14. The zero-order valence-corrected chi connectivity index (χ0v) is 37.7. The molecule has 0 aromatic rings. The van der Waals surface area contributed by atoms with E-state index in [4.69, 9.17) is 14.2 Å². The standard InChI is InChI=1S/C50H85NO7/c1-6-8-10-12-14-16-18-20-22-23-24-25-27-28-30-32-34-36-38-40-48(52)57-45-46(44-56-43-42-47(50(54)55)51(3,4)5)58-49(53)41-39-37-35-33-31-29-26-21-19-17-15-13-11-9-7-2/h9,11,15,17,20-22,26,31,33,37,39,46-47H,6-8,10,12-14,16,18-19,23-25,27-30,32,34-36,38,40-45H2,1-5H3/b11-9-,17-15-,22-20-,26-21-,33-31-,39-37-. The summed E-state index contributed by atoms with van der Waals surface area (Å²) in [5.41, 5.74) is 0. The number of quaternary nitrogens is 1. The number of hydrogen-bond acceptors (Lipinski definition) is 7. The number of rotatable bonds is 40. The molecule has 0 aliphatic heterocycles. The van der Waals surface area contributed by atoms with E-state index in [9.17, 15) is 19.5 Å². The Bertz CT molecular complexity index is 1180. The summed E-state index contributed by atoms with van der Waals surface area (Å²) in [7, 11) is 5.37. The predicted molar refractivity (Wildman–Crippen MR) is 240 cm³/mol. The van der Waals surface area contributed by atoms with Crippen molar-refractivity contribution in [2.45, 2.75) is 187 Å². The lowest BCUT2D eigenvalue weighted by molar-refractivity contribution is -0.889. The number of unbranched alkanes of at least 4 members (excludes halogenated alkanes) is 15. The zero-order valence-electron chi connectivity index (χ0n) is 37.7. The van der Waals surface area contributed by atoms with Crippen LogP contribution in [0.1, 0.15) is 174 Å². The maximum absolute atomic E-state index is 12.7. The van der Waals surface area contributed by atoms with Gasteiger partial charge in [-0.1, -0.05) is 164 Å². The van der Waals surface area contributed by atoms with Crippen LogP contribution in [0.3, 0.4) is 0 Å². The van der Waals surface area contributed by atoms with Gasteiger partial charge in [-0.25, -0.2) is 0 Å². The molecule has 2 atom stereocenters. The Labute approximate surface area is 355 Å². The van der Waals surface area contributed by atoms with Crippen molar-refractivity contribution in [1.82, 2.24) is 0 Å². The fourth-order valence-electron chi connectivity index (χ4n) is 6.32. The number of ether oxygens (including phenoxy) is 3. The first kappa shape index (κ1) is 54.8. The van der Waals surface area contributed by atoms with Crippen LogP contribution < -0.4 is 5.11 Å². The summed E-state index contributed by atoms with van der Waals surface area (Å²) in [6.45, 7) is 4.43. The largest absolute Gasteiger partial charge is 0.544 e. The second-order valence-electron chi connectivity index (χ2n) is 16.3. The molecule has 58 heavy (non-hydrogen) atoms. The number of hydrogen-bond donors (Lipinski definition) is 0. The second-order valence-corrected chi connectivity index (χ2v) is 16.3. The van der Waals surface area contributed by atoms with E-state index in [0.29, 0.717) is 12.8 Å². The molecule has 0 spiro atoms. The quantitative estimate of drug-likeness (QED) is 0.0263. The third-order valence-electron chi connectivity index (χ3n) is 9.86. The molecule has 0 saturated heterocycles. The van der Waals surface area contributed by atoms with Gasteiger partial charge in [-0.05, 0) is 64.2 Å². The van der Waals surface area contributed by atoms with E-state index in [1.165, 1.54) is 89.9 Å². The first-order valence-corrected chi connectivity index (χ1v) is 23.0. The number of aliphatic carboxylic acids is 1. The Kier molecular flexibility index (Phi) is 38.3. The minimum absolute atomic E-state index is 0.00243. The van der Waals surface area contributed by atoms with Crippen molar-refractivity contribution < 1.29 is 38.2 Å². The number of esters is 2. The van der Waals surface area contributed by atoms with Crippen molar-refractivity contribution in [1.29, 1.82) is 0 Å². The maximum atomic E-state index is 12.7.